The summed E-state index contributed by atoms with van der Waals surface area (Å²) in [6.07, 6.45) is 3.73. The van der Waals surface area contributed by atoms with Crippen LogP contribution in [0.4, 0.5) is 5.82 Å². The number of halogens is 2. The summed E-state index contributed by atoms with van der Waals surface area (Å²) in [7, 11) is 0. The topological polar surface area (TPSA) is 48.0 Å². The normalized spacial score (nSPS) is 15.3. The standard InChI is InChI=1S/C22H25Cl2N5/c1-15(2)14-28-5-7-29(8-6-28)21-11-16(3-4-25-21)22-26-13-20(27-22)17-9-18(23)12-19(24)10-17/h3-4,9-13,15H,5-8,14H2,1-2H3,(H,26,27). The summed E-state index contributed by atoms with van der Waals surface area (Å²) >= 11 is 12.3. The van der Waals surface area contributed by atoms with Crippen molar-refractivity contribution in [2.24, 2.45) is 5.92 Å². The van der Waals surface area contributed by atoms with Gasteiger partial charge < -0.3 is 9.88 Å². The van der Waals surface area contributed by atoms with Crippen molar-refractivity contribution in [3.05, 3.63) is 52.8 Å². The van der Waals surface area contributed by atoms with Crippen molar-refractivity contribution >= 4 is 29.0 Å². The lowest BCUT2D eigenvalue weighted by atomic mass is 10.2. The number of piperazine rings is 1. The molecule has 0 atom stereocenters. The number of aromatic amines is 1. The van der Waals surface area contributed by atoms with E-state index in [1.54, 1.807) is 6.07 Å². The zero-order valence-corrected chi connectivity index (χ0v) is 18.2. The van der Waals surface area contributed by atoms with E-state index in [-0.39, 0.29) is 0 Å². The Bertz CT molecular complexity index is 957. The largest absolute Gasteiger partial charge is 0.354 e. The highest BCUT2D eigenvalue weighted by Crippen LogP contribution is 2.28. The molecule has 0 saturated carbocycles. The summed E-state index contributed by atoms with van der Waals surface area (Å²) in [6.45, 7) is 9.83. The zero-order valence-electron chi connectivity index (χ0n) is 16.7. The number of imidazole rings is 1. The van der Waals surface area contributed by atoms with E-state index in [2.05, 4.69) is 39.7 Å². The molecule has 1 N–H and O–H groups in total. The van der Waals surface area contributed by atoms with Gasteiger partial charge in [-0.25, -0.2) is 9.97 Å². The van der Waals surface area contributed by atoms with Crippen molar-refractivity contribution in [2.45, 2.75) is 13.8 Å². The van der Waals surface area contributed by atoms with Crippen molar-refractivity contribution < 1.29 is 0 Å². The predicted molar refractivity (Wildman–Crippen MR) is 121 cm³/mol. The fourth-order valence-corrected chi connectivity index (χ4v) is 4.26. The van der Waals surface area contributed by atoms with Crippen LogP contribution in [0.2, 0.25) is 10.0 Å². The van der Waals surface area contributed by atoms with E-state index in [0.717, 1.165) is 61.2 Å². The van der Waals surface area contributed by atoms with Gasteiger partial charge >= 0.3 is 0 Å². The van der Waals surface area contributed by atoms with Crippen molar-refractivity contribution in [3.8, 4) is 22.6 Å². The number of pyridine rings is 1. The van der Waals surface area contributed by atoms with Crippen LogP contribution in [0.5, 0.6) is 0 Å². The smallest absolute Gasteiger partial charge is 0.138 e. The van der Waals surface area contributed by atoms with Gasteiger partial charge in [0.15, 0.2) is 0 Å². The minimum atomic E-state index is 0.597. The maximum absolute atomic E-state index is 6.13. The van der Waals surface area contributed by atoms with Crippen LogP contribution in [-0.4, -0.2) is 52.6 Å². The molecule has 29 heavy (non-hydrogen) atoms. The third-order valence-electron chi connectivity index (χ3n) is 5.07. The minimum Gasteiger partial charge on any atom is -0.354 e. The number of anilines is 1. The van der Waals surface area contributed by atoms with Crippen molar-refractivity contribution in [2.75, 3.05) is 37.6 Å². The molecule has 0 spiro atoms. The molecule has 3 aromatic rings. The summed E-state index contributed by atoms with van der Waals surface area (Å²) in [5.74, 6) is 2.50. The Morgan fingerprint density at radius 3 is 2.41 bits per heavy atom. The number of rotatable bonds is 5. The fourth-order valence-electron chi connectivity index (χ4n) is 3.73. The third kappa shape index (κ3) is 4.92. The summed E-state index contributed by atoms with van der Waals surface area (Å²) in [6, 6.07) is 9.53. The van der Waals surface area contributed by atoms with E-state index in [9.17, 15) is 0 Å². The third-order valence-corrected chi connectivity index (χ3v) is 5.51. The van der Waals surface area contributed by atoms with Crippen LogP contribution in [0, 0.1) is 5.92 Å². The molecule has 1 aliphatic rings. The first kappa shape index (κ1) is 20.2. The molecule has 0 radical (unpaired) electrons. The molecule has 1 saturated heterocycles. The molecule has 2 aromatic heterocycles. The number of aromatic nitrogens is 3. The number of benzene rings is 1. The van der Waals surface area contributed by atoms with Crippen LogP contribution < -0.4 is 4.90 Å². The number of nitrogens with one attached hydrogen (secondary N) is 1. The summed E-state index contributed by atoms with van der Waals surface area (Å²) < 4.78 is 0. The Labute approximate surface area is 181 Å². The molecule has 4 rings (SSSR count). The van der Waals surface area contributed by atoms with Crippen LogP contribution >= 0.6 is 23.2 Å². The van der Waals surface area contributed by atoms with Crippen LogP contribution in [0.1, 0.15) is 13.8 Å². The summed E-state index contributed by atoms with van der Waals surface area (Å²) in [5, 5.41) is 1.19. The van der Waals surface area contributed by atoms with Crippen molar-refractivity contribution in [3.63, 3.8) is 0 Å². The van der Waals surface area contributed by atoms with E-state index >= 15 is 0 Å². The van der Waals surface area contributed by atoms with E-state index in [1.165, 1.54) is 0 Å². The number of hydrogen-bond donors (Lipinski definition) is 1. The van der Waals surface area contributed by atoms with E-state index < -0.39 is 0 Å². The molecule has 1 fully saturated rings. The minimum absolute atomic E-state index is 0.597. The first-order valence-corrected chi connectivity index (χ1v) is 10.7. The molecule has 0 unspecified atom stereocenters. The molecule has 7 heteroatoms. The van der Waals surface area contributed by atoms with E-state index in [0.29, 0.717) is 16.0 Å². The SMILES string of the molecule is CC(C)CN1CCN(c2cc(-c3nc(-c4cc(Cl)cc(Cl)c4)c[nH]3)ccn2)CC1. The van der Waals surface area contributed by atoms with Gasteiger partial charge in [-0.05, 0) is 36.2 Å². The quantitative estimate of drug-likeness (QED) is 0.603. The van der Waals surface area contributed by atoms with Gasteiger partial charge in [0.05, 0.1) is 5.69 Å². The van der Waals surface area contributed by atoms with E-state index in [4.69, 9.17) is 28.2 Å². The molecule has 0 amide bonds. The molecule has 0 aliphatic carbocycles. The maximum Gasteiger partial charge on any atom is 0.138 e. The van der Waals surface area contributed by atoms with Crippen LogP contribution in [0.25, 0.3) is 22.6 Å². The molecule has 152 valence electrons. The monoisotopic (exact) mass is 429 g/mol. The molecule has 3 heterocycles. The number of H-pyrrole nitrogens is 1. The van der Waals surface area contributed by atoms with Gasteiger partial charge in [0, 0.05) is 66.3 Å². The summed E-state index contributed by atoms with van der Waals surface area (Å²) in [5.41, 5.74) is 2.71. The van der Waals surface area contributed by atoms with Gasteiger partial charge in [-0.1, -0.05) is 37.0 Å². The second-order valence-electron chi connectivity index (χ2n) is 7.88. The molecular weight excluding hydrogens is 405 g/mol. The van der Waals surface area contributed by atoms with E-state index in [1.807, 2.05) is 30.6 Å². The highest BCUT2D eigenvalue weighted by molar-refractivity contribution is 6.35. The lowest BCUT2D eigenvalue weighted by Crippen LogP contribution is -2.47. The van der Waals surface area contributed by atoms with Crippen LogP contribution in [0.3, 0.4) is 0 Å². The Hall–Kier alpha value is -2.08. The number of nitrogens with zero attached hydrogens (tertiary/aromatic N) is 4. The average molecular weight is 430 g/mol. The number of hydrogen-bond acceptors (Lipinski definition) is 4. The van der Waals surface area contributed by atoms with Crippen LogP contribution in [0.15, 0.2) is 42.7 Å². The first-order chi connectivity index (χ1) is 14.0. The van der Waals surface area contributed by atoms with Crippen molar-refractivity contribution in [1.82, 2.24) is 19.9 Å². The molecule has 1 aromatic carbocycles. The average Bonchev–Trinajstić information content (AvgIpc) is 3.18. The maximum atomic E-state index is 6.13. The molecule has 0 bridgehead atoms. The molecular formula is C22H25Cl2N5. The Kier molecular flexibility index (Phi) is 6.09. The molecule has 1 aliphatic heterocycles. The highest BCUT2D eigenvalue weighted by atomic mass is 35.5. The summed E-state index contributed by atoms with van der Waals surface area (Å²) in [4.78, 5) is 17.5. The van der Waals surface area contributed by atoms with Gasteiger partial charge in [-0.3, -0.25) is 4.90 Å². The highest BCUT2D eigenvalue weighted by Gasteiger charge is 2.19. The second-order valence-corrected chi connectivity index (χ2v) is 8.75. The van der Waals surface area contributed by atoms with Gasteiger partial charge in [-0.2, -0.15) is 0 Å². The predicted octanol–water partition coefficient (Wildman–Crippen LogP) is 5.22. The van der Waals surface area contributed by atoms with Gasteiger partial charge in [0.1, 0.15) is 11.6 Å². The van der Waals surface area contributed by atoms with Gasteiger partial charge in [0.2, 0.25) is 0 Å². The Morgan fingerprint density at radius 2 is 1.72 bits per heavy atom. The molecule has 5 nitrogen and oxygen atoms in total. The first-order valence-electron chi connectivity index (χ1n) is 9.93. The lowest BCUT2D eigenvalue weighted by molar-refractivity contribution is 0.231. The van der Waals surface area contributed by atoms with Gasteiger partial charge in [0.25, 0.3) is 0 Å². The Morgan fingerprint density at radius 1 is 1.00 bits per heavy atom. The lowest BCUT2D eigenvalue weighted by Gasteiger charge is -2.36. The zero-order chi connectivity index (χ0) is 20.4. The van der Waals surface area contributed by atoms with Gasteiger partial charge in [-0.15, -0.1) is 0 Å². The Balaban J connectivity index is 1.50. The second kappa shape index (κ2) is 8.74. The fraction of sp³-hybridized carbons (Fsp3) is 0.364. The van der Waals surface area contributed by atoms with Crippen molar-refractivity contribution in [1.29, 1.82) is 0 Å². The van der Waals surface area contributed by atoms with Crippen LogP contribution in [-0.2, 0) is 0 Å².